The molecule has 140 valence electrons. The second kappa shape index (κ2) is 7.25. The molecule has 2 aromatic rings. The number of hydrogen-bond donors (Lipinski definition) is 3. The first-order valence-electron chi connectivity index (χ1n) is 8.70. The number of nitrogens with one attached hydrogen (secondary N) is 1. The van der Waals surface area contributed by atoms with Crippen molar-refractivity contribution in [1.29, 1.82) is 0 Å². The Balaban J connectivity index is 1.84. The Bertz CT molecular complexity index is 780. The van der Waals surface area contributed by atoms with Crippen LogP contribution in [0.1, 0.15) is 23.2 Å². The topological polar surface area (TPSA) is 111 Å². The molecule has 26 heavy (non-hydrogen) atoms. The average Bonchev–Trinajstić information content (AvgIpc) is 3.13. The Hall–Kier alpha value is -2.74. The van der Waals surface area contributed by atoms with Gasteiger partial charge in [0.1, 0.15) is 11.3 Å². The van der Waals surface area contributed by atoms with E-state index >= 15 is 0 Å². The van der Waals surface area contributed by atoms with Crippen LogP contribution in [0.15, 0.2) is 30.5 Å². The number of para-hydroxylation sites is 2. The minimum atomic E-state index is -0.501. The normalized spacial score (nSPS) is 16.3. The zero-order chi connectivity index (χ0) is 18.7. The molecular formula is C18H26N6O2. The van der Waals surface area contributed by atoms with Crippen LogP contribution in [-0.2, 0) is 5.54 Å². The fraction of sp³-hybridized carbons (Fsp3) is 0.444. The maximum atomic E-state index is 11.7. The van der Waals surface area contributed by atoms with Gasteiger partial charge in [-0.3, -0.25) is 9.48 Å². The highest BCUT2D eigenvalue weighted by Crippen LogP contribution is 2.35. The summed E-state index contributed by atoms with van der Waals surface area (Å²) in [4.78, 5) is 13.9. The number of aromatic nitrogens is 2. The number of carbonyl (C=O) groups is 1. The third-order valence-electron chi connectivity index (χ3n) is 5.20. The molecular weight excluding hydrogens is 332 g/mol. The maximum absolute atomic E-state index is 11.7. The molecule has 1 fully saturated rings. The SMILES string of the molecule is CNc1nn(C2(CN)CCN(c3ccccc3OC)CC2)cc1C(N)=O. The Morgan fingerprint density at radius 1 is 1.35 bits per heavy atom. The quantitative estimate of drug-likeness (QED) is 0.710. The van der Waals surface area contributed by atoms with E-state index in [-0.39, 0.29) is 5.54 Å². The summed E-state index contributed by atoms with van der Waals surface area (Å²) in [6.07, 6.45) is 3.33. The van der Waals surface area contributed by atoms with Crippen molar-refractivity contribution < 1.29 is 9.53 Å². The van der Waals surface area contributed by atoms with Gasteiger partial charge in [0.15, 0.2) is 5.82 Å². The van der Waals surface area contributed by atoms with Gasteiger partial charge in [0.25, 0.3) is 5.91 Å². The Labute approximate surface area is 153 Å². The van der Waals surface area contributed by atoms with Crippen LogP contribution < -0.4 is 26.4 Å². The number of carbonyl (C=O) groups excluding carboxylic acids is 1. The minimum absolute atomic E-state index is 0.336. The Morgan fingerprint density at radius 3 is 2.58 bits per heavy atom. The van der Waals surface area contributed by atoms with E-state index in [2.05, 4.69) is 21.4 Å². The number of methoxy groups -OCH3 is 1. The molecule has 8 nitrogen and oxygen atoms in total. The molecule has 0 bridgehead atoms. The number of nitrogens with zero attached hydrogens (tertiary/aromatic N) is 3. The summed E-state index contributed by atoms with van der Waals surface area (Å²) >= 11 is 0. The summed E-state index contributed by atoms with van der Waals surface area (Å²) in [7, 11) is 3.40. The van der Waals surface area contributed by atoms with Gasteiger partial charge in [0.05, 0.1) is 18.3 Å². The van der Waals surface area contributed by atoms with Gasteiger partial charge >= 0.3 is 0 Å². The summed E-state index contributed by atoms with van der Waals surface area (Å²) in [5, 5.41) is 7.46. The fourth-order valence-corrected chi connectivity index (χ4v) is 3.56. The van der Waals surface area contributed by atoms with Crippen molar-refractivity contribution in [3.05, 3.63) is 36.0 Å². The molecule has 0 unspecified atom stereocenters. The number of primary amides is 1. The Kier molecular flexibility index (Phi) is 5.03. The van der Waals surface area contributed by atoms with Gasteiger partial charge in [-0.15, -0.1) is 0 Å². The zero-order valence-corrected chi connectivity index (χ0v) is 15.2. The molecule has 1 amide bonds. The molecule has 8 heteroatoms. The standard InChI is InChI=1S/C18H26N6O2/c1-21-17-13(16(20)25)11-24(22-17)18(12-19)7-9-23(10-8-18)14-5-3-4-6-15(14)26-2/h3-6,11H,7-10,12,19H2,1-2H3,(H2,20,25)(H,21,22). The first-order chi connectivity index (χ1) is 12.5. The lowest BCUT2D eigenvalue weighted by molar-refractivity contribution is 0.100. The van der Waals surface area contributed by atoms with Crippen molar-refractivity contribution in [3.8, 4) is 5.75 Å². The second-order valence-electron chi connectivity index (χ2n) is 6.54. The predicted molar refractivity (Wildman–Crippen MR) is 102 cm³/mol. The lowest BCUT2D eigenvalue weighted by atomic mass is 9.87. The highest BCUT2D eigenvalue weighted by molar-refractivity contribution is 5.97. The summed E-state index contributed by atoms with van der Waals surface area (Å²) in [6.45, 7) is 2.08. The van der Waals surface area contributed by atoms with Crippen LogP contribution in [-0.4, -0.2) is 49.5 Å². The van der Waals surface area contributed by atoms with Crippen LogP contribution in [0.4, 0.5) is 11.5 Å². The highest BCUT2D eigenvalue weighted by Gasteiger charge is 2.37. The summed E-state index contributed by atoms with van der Waals surface area (Å²) in [5.41, 5.74) is 12.7. The van der Waals surface area contributed by atoms with E-state index < -0.39 is 5.91 Å². The summed E-state index contributed by atoms with van der Waals surface area (Å²) < 4.78 is 7.30. The van der Waals surface area contributed by atoms with Crippen molar-refractivity contribution in [2.75, 3.05) is 44.0 Å². The summed E-state index contributed by atoms with van der Waals surface area (Å²) in [5.74, 6) is 0.844. The summed E-state index contributed by atoms with van der Waals surface area (Å²) in [6, 6.07) is 8.00. The molecule has 0 radical (unpaired) electrons. The third-order valence-corrected chi connectivity index (χ3v) is 5.20. The van der Waals surface area contributed by atoms with Gasteiger partial charge in [0, 0.05) is 32.9 Å². The molecule has 5 N–H and O–H groups in total. The van der Waals surface area contributed by atoms with E-state index in [1.165, 1.54) is 0 Å². The van der Waals surface area contributed by atoms with Gasteiger partial charge < -0.3 is 26.4 Å². The number of anilines is 2. The molecule has 1 aliphatic heterocycles. The molecule has 0 aliphatic carbocycles. The molecule has 0 spiro atoms. The first kappa shape index (κ1) is 18.1. The van der Waals surface area contributed by atoms with Crippen molar-refractivity contribution in [3.63, 3.8) is 0 Å². The minimum Gasteiger partial charge on any atom is -0.495 e. The number of nitrogens with two attached hydrogens (primary N) is 2. The molecule has 1 aliphatic rings. The van der Waals surface area contributed by atoms with Gasteiger partial charge in [-0.25, -0.2) is 0 Å². The highest BCUT2D eigenvalue weighted by atomic mass is 16.5. The van der Waals surface area contributed by atoms with Gasteiger partial charge in [-0.1, -0.05) is 12.1 Å². The lowest BCUT2D eigenvalue weighted by Crippen LogP contribution is -2.50. The van der Waals surface area contributed by atoms with E-state index in [1.54, 1.807) is 20.4 Å². The molecule has 1 saturated heterocycles. The Morgan fingerprint density at radius 2 is 2.04 bits per heavy atom. The molecule has 1 aromatic heterocycles. The molecule has 0 atom stereocenters. The number of benzene rings is 1. The van der Waals surface area contributed by atoms with Crippen LogP contribution >= 0.6 is 0 Å². The molecule has 2 heterocycles. The van der Waals surface area contributed by atoms with Gasteiger partial charge in [0.2, 0.25) is 0 Å². The van der Waals surface area contributed by atoms with Crippen LogP contribution in [0.5, 0.6) is 5.75 Å². The predicted octanol–water partition coefficient (Wildman–Crippen LogP) is 0.987. The van der Waals surface area contributed by atoms with Crippen molar-refractivity contribution >= 4 is 17.4 Å². The van der Waals surface area contributed by atoms with Crippen LogP contribution in [0.3, 0.4) is 0 Å². The number of amides is 1. The smallest absolute Gasteiger partial charge is 0.254 e. The van der Waals surface area contributed by atoms with Crippen molar-refractivity contribution in [2.45, 2.75) is 18.4 Å². The monoisotopic (exact) mass is 358 g/mol. The number of hydrogen-bond acceptors (Lipinski definition) is 6. The first-order valence-corrected chi connectivity index (χ1v) is 8.70. The number of ether oxygens (including phenoxy) is 1. The largest absolute Gasteiger partial charge is 0.495 e. The van der Waals surface area contributed by atoms with Crippen LogP contribution in [0.2, 0.25) is 0 Å². The lowest BCUT2D eigenvalue weighted by Gasteiger charge is -2.42. The van der Waals surface area contributed by atoms with Crippen molar-refractivity contribution in [1.82, 2.24) is 9.78 Å². The molecule has 1 aromatic carbocycles. The zero-order valence-electron chi connectivity index (χ0n) is 15.2. The average molecular weight is 358 g/mol. The van der Waals surface area contributed by atoms with Gasteiger partial charge in [-0.2, -0.15) is 5.10 Å². The van der Waals surface area contributed by atoms with Gasteiger partial charge in [-0.05, 0) is 25.0 Å². The van der Waals surface area contributed by atoms with Crippen molar-refractivity contribution in [2.24, 2.45) is 11.5 Å². The molecule has 0 saturated carbocycles. The van der Waals surface area contributed by atoms with Crippen LogP contribution in [0.25, 0.3) is 0 Å². The van der Waals surface area contributed by atoms with E-state index in [0.717, 1.165) is 37.4 Å². The third kappa shape index (κ3) is 3.08. The van der Waals surface area contributed by atoms with Crippen LogP contribution in [0, 0.1) is 0 Å². The van der Waals surface area contributed by atoms with E-state index in [4.69, 9.17) is 16.2 Å². The number of piperidine rings is 1. The van der Waals surface area contributed by atoms with E-state index in [0.29, 0.717) is 17.9 Å². The van der Waals surface area contributed by atoms with E-state index in [1.807, 2.05) is 22.9 Å². The molecule has 3 rings (SSSR count). The van der Waals surface area contributed by atoms with E-state index in [9.17, 15) is 4.79 Å². The number of rotatable bonds is 6. The second-order valence-corrected chi connectivity index (χ2v) is 6.54. The maximum Gasteiger partial charge on any atom is 0.254 e. The fourth-order valence-electron chi connectivity index (χ4n) is 3.56.